The molecular formula is C76H58N2O3. The first kappa shape index (κ1) is 48.3. The van der Waals surface area contributed by atoms with Gasteiger partial charge in [-0.3, -0.25) is 0 Å². The molecule has 15 aromatic rings. The molecule has 0 saturated carbocycles. The molecule has 0 radical (unpaired) electrons. The molecule has 0 saturated heterocycles. The molecule has 390 valence electrons. The Labute approximate surface area is 470 Å². The van der Waals surface area contributed by atoms with Gasteiger partial charge in [-0.1, -0.05) is 175 Å². The quantitative estimate of drug-likeness (QED) is 0.152. The standard InChI is InChI=1S/C76H58N2O3/c1-75(2,3)53-27-33-55(34-28-53)77(67-45-73-65(59-21-13-15-23-69(59)79-73)43-61(67)47-17-9-7-10-18-47)57-31-25-49-39-63-64-40-50-26-32-58(38-52(50)42-72(64)81-71(63)41-51(49)37-57)78(56-35-29-54(30-36-56)76(4,5)6)68-46-74-66(60-22-14-16-24-70(60)80-74)44-62(68)48-19-11-8-12-20-48/h7-46H,1-6H3. The lowest BCUT2D eigenvalue weighted by atomic mass is 9.87. The largest absolute Gasteiger partial charge is 0.456 e. The summed E-state index contributed by atoms with van der Waals surface area (Å²) in [5.74, 6) is 0. The van der Waals surface area contributed by atoms with Gasteiger partial charge in [-0.25, -0.2) is 0 Å². The summed E-state index contributed by atoms with van der Waals surface area (Å²) in [5.41, 5.74) is 18.4. The van der Waals surface area contributed by atoms with E-state index in [1.54, 1.807) is 0 Å². The summed E-state index contributed by atoms with van der Waals surface area (Å²) in [5, 5.41) is 11.0. The minimum Gasteiger partial charge on any atom is -0.456 e. The van der Waals surface area contributed by atoms with Crippen molar-refractivity contribution in [2.24, 2.45) is 0 Å². The average molecular weight is 1050 g/mol. The lowest BCUT2D eigenvalue weighted by Gasteiger charge is -2.29. The zero-order valence-electron chi connectivity index (χ0n) is 46.2. The molecule has 0 aliphatic heterocycles. The van der Waals surface area contributed by atoms with Crippen molar-refractivity contribution in [3.05, 3.63) is 254 Å². The van der Waals surface area contributed by atoms with Crippen LogP contribution in [-0.4, -0.2) is 0 Å². The minimum atomic E-state index is -0.00104. The number of hydrogen-bond donors (Lipinski definition) is 0. The van der Waals surface area contributed by atoms with Crippen LogP contribution >= 0.6 is 0 Å². The van der Waals surface area contributed by atoms with E-state index in [1.165, 1.54) is 11.1 Å². The molecule has 81 heavy (non-hydrogen) atoms. The molecule has 5 nitrogen and oxygen atoms in total. The maximum atomic E-state index is 6.95. The number of fused-ring (bicyclic) bond motifs is 11. The van der Waals surface area contributed by atoms with E-state index in [-0.39, 0.29) is 10.8 Å². The van der Waals surface area contributed by atoms with Crippen molar-refractivity contribution in [1.29, 1.82) is 0 Å². The van der Waals surface area contributed by atoms with Crippen LogP contribution in [0.25, 0.3) is 110 Å². The molecule has 0 spiro atoms. The van der Waals surface area contributed by atoms with Crippen molar-refractivity contribution >= 4 is 121 Å². The van der Waals surface area contributed by atoms with Crippen molar-refractivity contribution in [2.45, 2.75) is 52.4 Å². The van der Waals surface area contributed by atoms with Crippen molar-refractivity contribution < 1.29 is 13.3 Å². The highest BCUT2D eigenvalue weighted by molar-refractivity contribution is 6.15. The van der Waals surface area contributed by atoms with Gasteiger partial charge < -0.3 is 23.1 Å². The summed E-state index contributed by atoms with van der Waals surface area (Å²) < 4.78 is 20.2. The summed E-state index contributed by atoms with van der Waals surface area (Å²) in [6.45, 7) is 13.6. The molecule has 5 heteroatoms. The number of benzene rings is 12. The van der Waals surface area contributed by atoms with Gasteiger partial charge in [-0.05, 0) is 152 Å². The minimum absolute atomic E-state index is 0.00104. The predicted molar refractivity (Wildman–Crippen MR) is 341 cm³/mol. The highest BCUT2D eigenvalue weighted by Gasteiger charge is 2.25. The maximum absolute atomic E-state index is 6.95. The van der Waals surface area contributed by atoms with Gasteiger partial charge in [-0.15, -0.1) is 0 Å². The smallest absolute Gasteiger partial charge is 0.137 e. The average Bonchev–Trinajstić information content (AvgIpc) is 4.40. The topological polar surface area (TPSA) is 45.9 Å². The fraction of sp³-hybridized carbons (Fsp3) is 0.105. The lowest BCUT2D eigenvalue weighted by molar-refractivity contribution is 0.590. The van der Waals surface area contributed by atoms with Gasteiger partial charge in [0, 0.05) is 78.3 Å². The zero-order chi connectivity index (χ0) is 54.7. The molecule has 15 rings (SSSR count). The summed E-state index contributed by atoms with van der Waals surface area (Å²) >= 11 is 0. The van der Waals surface area contributed by atoms with Gasteiger partial charge in [0.05, 0.1) is 11.4 Å². The number of nitrogens with zero attached hydrogens (tertiary/aromatic N) is 2. The van der Waals surface area contributed by atoms with Crippen LogP contribution < -0.4 is 9.80 Å². The maximum Gasteiger partial charge on any atom is 0.137 e. The Morgan fingerprint density at radius 3 is 1.01 bits per heavy atom. The highest BCUT2D eigenvalue weighted by atomic mass is 16.3. The van der Waals surface area contributed by atoms with Gasteiger partial charge in [0.2, 0.25) is 0 Å². The third-order valence-electron chi connectivity index (χ3n) is 16.5. The first-order chi connectivity index (χ1) is 39.4. The monoisotopic (exact) mass is 1050 g/mol. The second-order valence-corrected chi connectivity index (χ2v) is 23.8. The van der Waals surface area contributed by atoms with E-state index in [1.807, 2.05) is 12.1 Å². The SMILES string of the molecule is CC(C)(C)c1ccc(N(c2ccc3cc4c(cc3c2)oc2cc3cc(N(c5ccc(C(C)(C)C)cc5)c5cc6oc7ccccc7c6cc5-c5ccccc5)ccc3cc24)c2cc3oc4ccccc4c3cc2-c2ccccc2)cc1. The number of hydrogen-bond acceptors (Lipinski definition) is 5. The van der Waals surface area contributed by atoms with Gasteiger partial charge in [0.15, 0.2) is 0 Å². The summed E-state index contributed by atoms with van der Waals surface area (Å²) in [6, 6.07) is 87.8. The molecule has 0 N–H and O–H groups in total. The molecule has 3 aromatic heterocycles. The van der Waals surface area contributed by atoms with Crippen LogP contribution in [0.15, 0.2) is 256 Å². The fourth-order valence-corrected chi connectivity index (χ4v) is 12.2. The Balaban J connectivity index is 0.880. The van der Waals surface area contributed by atoms with Crippen LogP contribution in [0.3, 0.4) is 0 Å². The van der Waals surface area contributed by atoms with Gasteiger partial charge in [0.1, 0.15) is 33.5 Å². The van der Waals surface area contributed by atoms with Crippen LogP contribution in [0.1, 0.15) is 52.7 Å². The van der Waals surface area contributed by atoms with Crippen molar-refractivity contribution in [3.63, 3.8) is 0 Å². The molecule has 0 fully saturated rings. The molecular weight excluding hydrogens is 989 g/mol. The van der Waals surface area contributed by atoms with Crippen LogP contribution in [0.2, 0.25) is 0 Å². The second-order valence-electron chi connectivity index (χ2n) is 23.8. The summed E-state index contributed by atoms with van der Waals surface area (Å²) in [4.78, 5) is 4.77. The third kappa shape index (κ3) is 8.30. The predicted octanol–water partition coefficient (Wildman–Crippen LogP) is 22.6. The Morgan fingerprint density at radius 2 is 0.605 bits per heavy atom. The molecule has 12 aromatic carbocycles. The molecule has 0 aliphatic carbocycles. The van der Waals surface area contributed by atoms with E-state index in [9.17, 15) is 0 Å². The third-order valence-corrected chi connectivity index (χ3v) is 16.5. The van der Waals surface area contributed by atoms with E-state index in [2.05, 4.69) is 282 Å². The molecule has 3 heterocycles. The van der Waals surface area contributed by atoms with Gasteiger partial charge in [0.25, 0.3) is 0 Å². The Morgan fingerprint density at radius 1 is 0.259 bits per heavy atom. The Hall–Kier alpha value is -9.84. The second kappa shape index (κ2) is 18.4. The van der Waals surface area contributed by atoms with Crippen molar-refractivity contribution in [2.75, 3.05) is 9.80 Å². The zero-order valence-corrected chi connectivity index (χ0v) is 46.2. The number of furan rings is 3. The van der Waals surface area contributed by atoms with E-state index in [0.717, 1.165) is 144 Å². The lowest BCUT2D eigenvalue weighted by Crippen LogP contribution is -2.14. The fourth-order valence-electron chi connectivity index (χ4n) is 12.2. The number of para-hydroxylation sites is 2. The molecule has 0 amide bonds. The van der Waals surface area contributed by atoms with Crippen LogP contribution in [0.5, 0.6) is 0 Å². The van der Waals surface area contributed by atoms with Crippen molar-refractivity contribution in [3.8, 4) is 22.3 Å². The van der Waals surface area contributed by atoms with Gasteiger partial charge in [-0.2, -0.15) is 0 Å². The molecule has 0 atom stereocenters. The first-order valence-electron chi connectivity index (χ1n) is 28.0. The van der Waals surface area contributed by atoms with E-state index in [0.29, 0.717) is 0 Å². The summed E-state index contributed by atoms with van der Waals surface area (Å²) in [6.07, 6.45) is 0. The van der Waals surface area contributed by atoms with Gasteiger partial charge >= 0.3 is 0 Å². The van der Waals surface area contributed by atoms with E-state index < -0.39 is 0 Å². The normalized spacial score (nSPS) is 12.3. The number of rotatable bonds is 8. The Bertz CT molecular complexity index is 4620. The molecule has 0 bridgehead atoms. The van der Waals surface area contributed by atoms with Crippen molar-refractivity contribution in [1.82, 2.24) is 0 Å². The highest BCUT2D eigenvalue weighted by Crippen LogP contribution is 2.49. The van der Waals surface area contributed by atoms with Crippen LogP contribution in [-0.2, 0) is 10.8 Å². The first-order valence-corrected chi connectivity index (χ1v) is 28.0. The molecule has 0 unspecified atom stereocenters. The molecule has 0 aliphatic rings. The summed E-state index contributed by atoms with van der Waals surface area (Å²) in [7, 11) is 0. The van der Waals surface area contributed by atoms with Crippen LogP contribution in [0, 0.1) is 0 Å². The number of anilines is 6. The van der Waals surface area contributed by atoms with Crippen LogP contribution in [0.4, 0.5) is 34.1 Å². The van der Waals surface area contributed by atoms with E-state index in [4.69, 9.17) is 13.3 Å². The van der Waals surface area contributed by atoms with E-state index >= 15 is 0 Å². The Kier molecular flexibility index (Phi) is 11.0.